The molecule has 0 saturated carbocycles. The molecule has 1 unspecified atom stereocenters. The predicted molar refractivity (Wildman–Crippen MR) is 116 cm³/mol. The number of aromatic nitrogens is 3. The van der Waals surface area contributed by atoms with Crippen LogP contribution in [0.15, 0.2) is 48.5 Å². The van der Waals surface area contributed by atoms with Crippen molar-refractivity contribution >= 4 is 22.3 Å². The second-order valence-electron chi connectivity index (χ2n) is 7.67. The minimum absolute atomic E-state index is 0.0426. The second-order valence-corrected chi connectivity index (χ2v) is 7.67. The third-order valence-corrected chi connectivity index (χ3v) is 5.56. The van der Waals surface area contributed by atoms with Crippen molar-refractivity contribution in [3.05, 3.63) is 76.7 Å². The smallest absolute Gasteiger partial charge is 0.220 e. The largest absolute Gasteiger partial charge is 0.350 e. The fraction of sp³-hybridized carbons (Fsp3) is 0.292. The van der Waals surface area contributed by atoms with Gasteiger partial charge in [0.15, 0.2) is 5.65 Å². The van der Waals surface area contributed by atoms with Crippen LogP contribution < -0.4 is 5.32 Å². The molecule has 0 fully saturated rings. The van der Waals surface area contributed by atoms with Crippen LogP contribution in [-0.4, -0.2) is 20.5 Å². The van der Waals surface area contributed by atoms with Gasteiger partial charge in [-0.3, -0.25) is 4.79 Å². The van der Waals surface area contributed by atoms with Crippen molar-refractivity contribution in [2.75, 3.05) is 0 Å². The lowest BCUT2D eigenvalue weighted by Crippen LogP contribution is -2.27. The standard InChI is InChI=1S/C24H26N4O/c1-15-14-23-25-16(2)20(18(4)28(23)27-15)12-13-24(29)26-17(3)21-11-7-9-19-8-5-6-10-22(19)21/h5-11,14,17H,12-13H2,1-4H3,(H,26,29). The SMILES string of the molecule is Cc1cc2nc(C)c(CCC(=O)NC(C)c3cccc4ccccc34)c(C)n2n1. The van der Waals surface area contributed by atoms with Gasteiger partial charge in [-0.25, -0.2) is 9.50 Å². The minimum atomic E-state index is -0.0508. The lowest BCUT2D eigenvalue weighted by molar-refractivity contribution is -0.121. The Morgan fingerprint density at radius 2 is 1.86 bits per heavy atom. The molecule has 5 nitrogen and oxygen atoms in total. The van der Waals surface area contributed by atoms with Gasteiger partial charge in [-0.15, -0.1) is 0 Å². The van der Waals surface area contributed by atoms with Gasteiger partial charge in [0.05, 0.1) is 11.7 Å². The van der Waals surface area contributed by atoms with Gasteiger partial charge < -0.3 is 5.32 Å². The van der Waals surface area contributed by atoms with Crippen LogP contribution >= 0.6 is 0 Å². The van der Waals surface area contributed by atoms with Crippen LogP contribution in [0.1, 0.15) is 47.6 Å². The first kappa shape index (κ1) is 19.1. The number of fused-ring (bicyclic) bond motifs is 2. The Hall–Kier alpha value is -3.21. The molecule has 0 aliphatic carbocycles. The van der Waals surface area contributed by atoms with Crippen molar-refractivity contribution in [3.8, 4) is 0 Å². The number of hydrogen-bond acceptors (Lipinski definition) is 3. The topological polar surface area (TPSA) is 59.3 Å². The van der Waals surface area contributed by atoms with E-state index in [1.807, 2.05) is 56.5 Å². The molecule has 2 aromatic heterocycles. The van der Waals surface area contributed by atoms with Gasteiger partial charge in [-0.05, 0) is 56.0 Å². The first-order valence-corrected chi connectivity index (χ1v) is 10.0. The Morgan fingerprint density at radius 1 is 1.10 bits per heavy atom. The van der Waals surface area contributed by atoms with Crippen LogP contribution in [-0.2, 0) is 11.2 Å². The molecular weight excluding hydrogens is 360 g/mol. The van der Waals surface area contributed by atoms with Gasteiger partial charge in [0.1, 0.15) is 0 Å². The molecule has 148 valence electrons. The number of aryl methyl sites for hydroxylation is 3. The molecule has 0 aliphatic heterocycles. The van der Waals surface area contributed by atoms with Crippen LogP contribution in [0, 0.1) is 20.8 Å². The molecule has 0 saturated heterocycles. The fourth-order valence-electron chi connectivity index (χ4n) is 4.06. The third kappa shape index (κ3) is 3.73. The van der Waals surface area contributed by atoms with Gasteiger partial charge >= 0.3 is 0 Å². The predicted octanol–water partition coefficient (Wildman–Crippen LogP) is 4.62. The molecule has 0 bridgehead atoms. The van der Waals surface area contributed by atoms with Crippen LogP contribution in [0.25, 0.3) is 16.4 Å². The molecular formula is C24H26N4O. The molecule has 0 aliphatic rings. The highest BCUT2D eigenvalue weighted by Crippen LogP contribution is 2.24. The Kier molecular flexibility index (Phi) is 5.05. The van der Waals surface area contributed by atoms with Gasteiger partial charge in [-0.1, -0.05) is 42.5 Å². The second kappa shape index (κ2) is 7.66. The lowest BCUT2D eigenvalue weighted by Gasteiger charge is -2.17. The molecule has 0 spiro atoms. The zero-order valence-electron chi connectivity index (χ0n) is 17.4. The average molecular weight is 386 g/mol. The molecule has 29 heavy (non-hydrogen) atoms. The molecule has 4 rings (SSSR count). The lowest BCUT2D eigenvalue weighted by atomic mass is 9.99. The summed E-state index contributed by atoms with van der Waals surface area (Å²) in [6, 6.07) is 16.4. The van der Waals surface area contributed by atoms with Crippen LogP contribution in [0.3, 0.4) is 0 Å². The number of amides is 1. The molecule has 1 atom stereocenters. The first-order valence-electron chi connectivity index (χ1n) is 10.0. The average Bonchev–Trinajstić information content (AvgIpc) is 3.07. The molecule has 2 aromatic carbocycles. The summed E-state index contributed by atoms with van der Waals surface area (Å²) in [5.41, 5.74) is 6.04. The summed E-state index contributed by atoms with van der Waals surface area (Å²) in [5, 5.41) is 10.0. The maximum absolute atomic E-state index is 12.7. The Balaban J connectivity index is 1.48. The normalized spacial score (nSPS) is 12.4. The summed E-state index contributed by atoms with van der Waals surface area (Å²) in [6.45, 7) is 8.04. The van der Waals surface area contributed by atoms with Gasteiger partial charge in [0.25, 0.3) is 0 Å². The van der Waals surface area contributed by atoms with E-state index in [0.717, 1.165) is 33.9 Å². The quantitative estimate of drug-likeness (QED) is 0.544. The summed E-state index contributed by atoms with van der Waals surface area (Å²) in [4.78, 5) is 17.3. The van der Waals surface area contributed by atoms with Crippen molar-refractivity contribution in [1.82, 2.24) is 19.9 Å². The van der Waals surface area contributed by atoms with E-state index in [-0.39, 0.29) is 11.9 Å². The van der Waals surface area contributed by atoms with Crippen LogP contribution in [0.2, 0.25) is 0 Å². The zero-order chi connectivity index (χ0) is 20.5. The van der Waals surface area contributed by atoms with Crippen LogP contribution in [0.4, 0.5) is 0 Å². The number of nitrogens with zero attached hydrogens (tertiary/aromatic N) is 3. The molecule has 2 heterocycles. The highest BCUT2D eigenvalue weighted by atomic mass is 16.1. The molecule has 0 radical (unpaired) electrons. The van der Waals surface area contributed by atoms with Gasteiger partial charge in [0.2, 0.25) is 5.91 Å². The highest BCUT2D eigenvalue weighted by Gasteiger charge is 2.15. The minimum Gasteiger partial charge on any atom is -0.350 e. The third-order valence-electron chi connectivity index (χ3n) is 5.56. The van der Waals surface area contributed by atoms with Crippen LogP contribution in [0.5, 0.6) is 0 Å². The van der Waals surface area contributed by atoms with E-state index < -0.39 is 0 Å². The van der Waals surface area contributed by atoms with E-state index >= 15 is 0 Å². The van der Waals surface area contributed by atoms with Crippen molar-refractivity contribution in [1.29, 1.82) is 0 Å². The highest BCUT2D eigenvalue weighted by molar-refractivity contribution is 5.87. The number of benzene rings is 2. The van der Waals surface area contributed by atoms with E-state index in [2.05, 4.69) is 39.7 Å². The van der Waals surface area contributed by atoms with E-state index in [0.29, 0.717) is 12.8 Å². The van der Waals surface area contributed by atoms with Crippen molar-refractivity contribution in [3.63, 3.8) is 0 Å². The summed E-state index contributed by atoms with van der Waals surface area (Å²) < 4.78 is 1.87. The molecule has 4 aromatic rings. The fourth-order valence-corrected chi connectivity index (χ4v) is 4.06. The first-order chi connectivity index (χ1) is 13.9. The van der Waals surface area contributed by atoms with E-state index in [1.165, 1.54) is 10.8 Å². The molecule has 5 heteroatoms. The maximum atomic E-state index is 12.7. The summed E-state index contributed by atoms with van der Waals surface area (Å²) in [6.07, 6.45) is 1.07. The Bertz CT molecular complexity index is 1200. The van der Waals surface area contributed by atoms with Crippen molar-refractivity contribution in [2.24, 2.45) is 0 Å². The van der Waals surface area contributed by atoms with E-state index in [4.69, 9.17) is 0 Å². The Labute approximate surface area is 170 Å². The van der Waals surface area contributed by atoms with Gasteiger partial charge in [0, 0.05) is 23.9 Å². The number of rotatable bonds is 5. The van der Waals surface area contributed by atoms with E-state index in [1.54, 1.807) is 0 Å². The summed E-state index contributed by atoms with van der Waals surface area (Å²) >= 11 is 0. The number of carbonyl (C=O) groups is 1. The summed E-state index contributed by atoms with van der Waals surface area (Å²) in [7, 11) is 0. The van der Waals surface area contributed by atoms with Crippen molar-refractivity contribution < 1.29 is 4.79 Å². The molecule has 1 amide bonds. The number of carbonyl (C=O) groups excluding carboxylic acids is 1. The maximum Gasteiger partial charge on any atom is 0.220 e. The number of hydrogen-bond donors (Lipinski definition) is 1. The summed E-state index contributed by atoms with van der Waals surface area (Å²) in [5.74, 6) is 0.0426. The van der Waals surface area contributed by atoms with Gasteiger partial charge in [-0.2, -0.15) is 5.10 Å². The zero-order valence-corrected chi connectivity index (χ0v) is 17.4. The van der Waals surface area contributed by atoms with Crippen molar-refractivity contribution in [2.45, 2.75) is 46.6 Å². The number of nitrogens with one attached hydrogen (secondary N) is 1. The Morgan fingerprint density at radius 3 is 2.69 bits per heavy atom. The van der Waals surface area contributed by atoms with E-state index in [9.17, 15) is 4.79 Å². The monoisotopic (exact) mass is 386 g/mol. The molecule has 1 N–H and O–H groups in total.